The van der Waals surface area contributed by atoms with Crippen LogP contribution in [0.4, 0.5) is 5.88 Å². The Morgan fingerprint density at radius 1 is 1.25 bits per heavy atom. The van der Waals surface area contributed by atoms with Crippen LogP contribution in [0.1, 0.15) is 31.2 Å². The molecule has 190 valence electrons. The number of thiazole rings is 1. The maximum atomic E-state index is 13.7. The Hall–Kier alpha value is -3.31. The van der Waals surface area contributed by atoms with Crippen molar-refractivity contribution in [2.75, 3.05) is 39.8 Å². The number of fused-ring (bicyclic) bond motifs is 1. The summed E-state index contributed by atoms with van der Waals surface area (Å²) in [5, 5.41) is 0. The molecule has 0 saturated heterocycles. The van der Waals surface area contributed by atoms with Crippen LogP contribution in [0, 0.1) is 0 Å². The Morgan fingerprint density at radius 2 is 1.97 bits per heavy atom. The van der Waals surface area contributed by atoms with Crippen LogP contribution in [0.3, 0.4) is 0 Å². The molecule has 0 fully saturated rings. The molecular formula is C25H26BrN3O6S. The lowest BCUT2D eigenvalue weighted by atomic mass is 9.95. The largest absolute Gasteiger partial charge is 0.493 e. The van der Waals surface area contributed by atoms with E-state index in [1.165, 1.54) is 23.0 Å². The van der Waals surface area contributed by atoms with Crippen LogP contribution in [0.15, 0.2) is 54.2 Å². The predicted molar refractivity (Wildman–Crippen MR) is 141 cm³/mol. The number of rotatable bonds is 7. The number of allylic oxidation sites excluding steroid dienone is 1. The van der Waals surface area contributed by atoms with Gasteiger partial charge in [-0.15, -0.1) is 0 Å². The zero-order chi connectivity index (χ0) is 26.1. The summed E-state index contributed by atoms with van der Waals surface area (Å²) in [5.74, 6) is 1.63. The second-order valence-electron chi connectivity index (χ2n) is 8.11. The SMILES string of the molecule is CCOC(=O)C1=C(C)N=c2s/c(=C/c3cc(Br)c(N(C)C)o3)c(=O)n2[C@@H]1c1ccc(OC)c(OC)c1. The van der Waals surface area contributed by atoms with Crippen molar-refractivity contribution in [2.45, 2.75) is 19.9 Å². The van der Waals surface area contributed by atoms with Crippen LogP contribution < -0.4 is 29.3 Å². The maximum Gasteiger partial charge on any atom is 0.338 e. The van der Waals surface area contributed by atoms with Crippen molar-refractivity contribution in [1.82, 2.24) is 4.57 Å². The average Bonchev–Trinajstić information content (AvgIpc) is 3.36. The summed E-state index contributed by atoms with van der Waals surface area (Å²) in [5.41, 5.74) is 1.13. The first kappa shape index (κ1) is 25.8. The van der Waals surface area contributed by atoms with Gasteiger partial charge in [-0.1, -0.05) is 17.4 Å². The Labute approximate surface area is 220 Å². The highest BCUT2D eigenvalue weighted by molar-refractivity contribution is 9.10. The molecule has 36 heavy (non-hydrogen) atoms. The highest BCUT2D eigenvalue weighted by atomic mass is 79.9. The lowest BCUT2D eigenvalue weighted by Gasteiger charge is -2.25. The topological polar surface area (TPSA) is 95.5 Å². The molecule has 0 amide bonds. The maximum absolute atomic E-state index is 13.7. The lowest BCUT2D eigenvalue weighted by Crippen LogP contribution is -2.39. The molecule has 1 aromatic carbocycles. The smallest absolute Gasteiger partial charge is 0.338 e. The average molecular weight is 576 g/mol. The first-order valence-electron chi connectivity index (χ1n) is 11.1. The van der Waals surface area contributed by atoms with E-state index >= 15 is 0 Å². The molecule has 0 saturated carbocycles. The quantitative estimate of drug-likeness (QED) is 0.399. The van der Waals surface area contributed by atoms with Crippen molar-refractivity contribution in [3.8, 4) is 11.5 Å². The molecule has 1 aliphatic rings. The Morgan fingerprint density at radius 3 is 2.58 bits per heavy atom. The van der Waals surface area contributed by atoms with Crippen molar-refractivity contribution in [1.29, 1.82) is 0 Å². The fourth-order valence-corrected chi connectivity index (χ4v) is 5.70. The number of carbonyl (C=O) groups is 1. The number of ether oxygens (including phenoxy) is 3. The molecule has 0 spiro atoms. The highest BCUT2D eigenvalue weighted by Gasteiger charge is 2.34. The summed E-state index contributed by atoms with van der Waals surface area (Å²) < 4.78 is 24.8. The zero-order valence-electron chi connectivity index (χ0n) is 20.7. The van der Waals surface area contributed by atoms with Gasteiger partial charge in [0.15, 0.2) is 16.3 Å². The van der Waals surface area contributed by atoms with Gasteiger partial charge in [0, 0.05) is 26.2 Å². The van der Waals surface area contributed by atoms with E-state index < -0.39 is 12.0 Å². The third kappa shape index (κ3) is 4.60. The zero-order valence-corrected chi connectivity index (χ0v) is 23.2. The third-order valence-corrected chi connectivity index (χ3v) is 7.16. The van der Waals surface area contributed by atoms with Gasteiger partial charge in [-0.3, -0.25) is 9.36 Å². The third-order valence-electron chi connectivity index (χ3n) is 5.61. The van der Waals surface area contributed by atoms with E-state index in [9.17, 15) is 9.59 Å². The van der Waals surface area contributed by atoms with Crippen molar-refractivity contribution in [3.63, 3.8) is 0 Å². The van der Waals surface area contributed by atoms with E-state index in [0.717, 1.165) is 4.47 Å². The Kier molecular flexibility index (Phi) is 7.41. The first-order chi connectivity index (χ1) is 17.2. The molecule has 3 heterocycles. The molecule has 3 aromatic rings. The molecular weight excluding hydrogens is 550 g/mol. The number of hydrogen-bond donors (Lipinski definition) is 0. The number of halogens is 1. The van der Waals surface area contributed by atoms with E-state index in [-0.39, 0.29) is 12.2 Å². The molecule has 11 heteroatoms. The Balaban J connectivity index is 1.95. The molecule has 2 aromatic heterocycles. The van der Waals surface area contributed by atoms with E-state index in [1.54, 1.807) is 51.3 Å². The minimum atomic E-state index is -0.761. The van der Waals surface area contributed by atoms with Crippen LogP contribution in [-0.4, -0.2) is 45.5 Å². The van der Waals surface area contributed by atoms with Crippen LogP contribution in [0.5, 0.6) is 11.5 Å². The van der Waals surface area contributed by atoms with Gasteiger partial charge in [0.25, 0.3) is 5.56 Å². The summed E-state index contributed by atoms with van der Waals surface area (Å²) in [6, 6.07) is 6.34. The van der Waals surface area contributed by atoms with E-state index in [1.807, 2.05) is 19.0 Å². The van der Waals surface area contributed by atoms with Gasteiger partial charge in [-0.05, 0) is 47.5 Å². The van der Waals surface area contributed by atoms with Crippen LogP contribution in [0.25, 0.3) is 6.08 Å². The summed E-state index contributed by atoms with van der Waals surface area (Å²) in [4.78, 5) is 33.7. The first-order valence-corrected chi connectivity index (χ1v) is 12.7. The number of carbonyl (C=O) groups excluding carboxylic acids is 1. The second kappa shape index (κ2) is 10.4. The van der Waals surface area contributed by atoms with Gasteiger partial charge in [0.2, 0.25) is 5.88 Å². The van der Waals surface area contributed by atoms with E-state index in [4.69, 9.17) is 18.6 Å². The molecule has 0 N–H and O–H groups in total. The van der Waals surface area contributed by atoms with Gasteiger partial charge in [-0.25, -0.2) is 9.79 Å². The molecule has 0 unspecified atom stereocenters. The van der Waals surface area contributed by atoms with E-state index in [2.05, 4.69) is 20.9 Å². The molecule has 1 aliphatic heterocycles. The summed E-state index contributed by atoms with van der Waals surface area (Å²) in [6.07, 6.45) is 1.68. The fourth-order valence-electron chi connectivity index (χ4n) is 4.01. The van der Waals surface area contributed by atoms with Crippen LogP contribution in [-0.2, 0) is 9.53 Å². The molecule has 0 bridgehead atoms. The van der Waals surface area contributed by atoms with Crippen LogP contribution in [0.2, 0.25) is 0 Å². The second-order valence-corrected chi connectivity index (χ2v) is 9.98. The molecule has 0 aliphatic carbocycles. The molecule has 0 radical (unpaired) electrons. The van der Waals surface area contributed by atoms with Crippen LogP contribution >= 0.6 is 27.3 Å². The van der Waals surface area contributed by atoms with Crippen molar-refractivity contribution < 1.29 is 23.4 Å². The molecule has 9 nitrogen and oxygen atoms in total. The minimum absolute atomic E-state index is 0.195. The van der Waals surface area contributed by atoms with Crippen molar-refractivity contribution in [2.24, 2.45) is 4.99 Å². The number of furan rings is 1. The normalized spacial score (nSPS) is 15.4. The number of aromatic nitrogens is 1. The number of esters is 1. The van der Waals surface area contributed by atoms with Gasteiger partial charge in [-0.2, -0.15) is 0 Å². The number of methoxy groups -OCH3 is 2. The summed E-state index contributed by atoms with van der Waals surface area (Å²) in [6.45, 7) is 3.67. The standard InChI is InChI=1S/C25H26BrN3O6S/c1-7-34-24(31)20-13(2)27-25-29(21(20)14-8-9-17(32-5)18(10-14)33-6)22(30)19(36-25)12-15-11-16(26)23(35-15)28(3)4/h8-12,21H,7H2,1-6H3/b19-12+/t21-/m1/s1. The van der Waals surface area contributed by atoms with Gasteiger partial charge in [0.05, 0.1) is 47.1 Å². The van der Waals surface area contributed by atoms with Crippen molar-refractivity contribution in [3.05, 3.63) is 71.0 Å². The summed E-state index contributed by atoms with van der Waals surface area (Å²) >= 11 is 4.71. The predicted octanol–water partition coefficient (Wildman–Crippen LogP) is 3.24. The summed E-state index contributed by atoms with van der Waals surface area (Å²) in [7, 11) is 6.81. The number of benzene rings is 1. The van der Waals surface area contributed by atoms with Gasteiger partial charge in [0.1, 0.15) is 5.76 Å². The monoisotopic (exact) mass is 575 g/mol. The molecule has 4 rings (SSSR count). The number of nitrogens with zero attached hydrogens (tertiary/aromatic N) is 3. The van der Waals surface area contributed by atoms with E-state index in [0.29, 0.717) is 49.3 Å². The minimum Gasteiger partial charge on any atom is -0.493 e. The highest BCUT2D eigenvalue weighted by Crippen LogP contribution is 2.36. The Bertz CT molecular complexity index is 1530. The fraction of sp³-hybridized carbons (Fsp3) is 0.320. The van der Waals surface area contributed by atoms with Gasteiger partial charge < -0.3 is 23.5 Å². The molecule has 1 atom stereocenters. The lowest BCUT2D eigenvalue weighted by molar-refractivity contribution is -0.139. The number of anilines is 1. The van der Waals surface area contributed by atoms with Gasteiger partial charge >= 0.3 is 5.97 Å². The number of hydrogen-bond acceptors (Lipinski definition) is 9. The van der Waals surface area contributed by atoms with Crippen molar-refractivity contribution >= 4 is 45.2 Å².